The largest absolute Gasteiger partial charge is 0.508 e. The summed E-state index contributed by atoms with van der Waals surface area (Å²) in [7, 11) is 0. The van der Waals surface area contributed by atoms with Crippen molar-refractivity contribution in [2.75, 3.05) is 0 Å². The van der Waals surface area contributed by atoms with Crippen LogP contribution in [0.25, 0.3) is 0 Å². The Kier molecular flexibility index (Phi) is 4.36. The molecule has 0 amide bonds. The highest BCUT2D eigenvalue weighted by Crippen LogP contribution is 2.34. The summed E-state index contributed by atoms with van der Waals surface area (Å²) in [5, 5.41) is 9.91. The molecule has 0 saturated heterocycles. The Morgan fingerprint density at radius 3 is 2.45 bits per heavy atom. The molecule has 1 N–H and O–H groups in total. The summed E-state index contributed by atoms with van der Waals surface area (Å²) in [6.07, 6.45) is 5.31. The van der Waals surface area contributed by atoms with E-state index in [1.165, 1.54) is 6.42 Å². The number of rotatable bonds is 2. The van der Waals surface area contributed by atoms with E-state index in [0.29, 0.717) is 5.75 Å². The smallest absolute Gasteiger partial charge is 0.314 e. The third-order valence-electron chi connectivity index (χ3n) is 3.93. The number of hydrogen-bond donors (Lipinski definition) is 1. The van der Waals surface area contributed by atoms with Gasteiger partial charge in [0, 0.05) is 5.56 Å². The SMILES string of the molecule is CC(C)(C)c1cc(OC(=O)C2CCCCC2)ccc1O. The van der Waals surface area contributed by atoms with Crippen LogP contribution in [0.15, 0.2) is 18.2 Å². The lowest BCUT2D eigenvalue weighted by Crippen LogP contribution is -2.23. The Morgan fingerprint density at radius 1 is 1.20 bits per heavy atom. The lowest BCUT2D eigenvalue weighted by molar-refractivity contribution is -0.140. The minimum Gasteiger partial charge on any atom is -0.508 e. The molecule has 0 aliphatic heterocycles. The van der Waals surface area contributed by atoms with E-state index in [9.17, 15) is 9.90 Å². The van der Waals surface area contributed by atoms with E-state index in [1.54, 1.807) is 18.2 Å². The molecule has 1 aliphatic carbocycles. The van der Waals surface area contributed by atoms with Crippen molar-refractivity contribution >= 4 is 5.97 Å². The number of phenols is 1. The zero-order chi connectivity index (χ0) is 14.8. The third-order valence-corrected chi connectivity index (χ3v) is 3.93. The molecule has 20 heavy (non-hydrogen) atoms. The van der Waals surface area contributed by atoms with Gasteiger partial charge < -0.3 is 9.84 Å². The summed E-state index contributed by atoms with van der Waals surface area (Å²) in [6.45, 7) is 6.07. The maximum absolute atomic E-state index is 12.1. The van der Waals surface area contributed by atoms with E-state index in [1.807, 2.05) is 20.8 Å². The molecule has 3 nitrogen and oxygen atoms in total. The van der Waals surface area contributed by atoms with Crippen LogP contribution in [0.2, 0.25) is 0 Å². The van der Waals surface area contributed by atoms with Crippen LogP contribution in [0, 0.1) is 5.92 Å². The minimum absolute atomic E-state index is 0.0376. The van der Waals surface area contributed by atoms with Crippen molar-refractivity contribution in [3.63, 3.8) is 0 Å². The zero-order valence-electron chi connectivity index (χ0n) is 12.6. The molecule has 2 rings (SSSR count). The van der Waals surface area contributed by atoms with Gasteiger partial charge in [0.15, 0.2) is 0 Å². The van der Waals surface area contributed by atoms with Gasteiger partial charge in [-0.15, -0.1) is 0 Å². The average Bonchev–Trinajstić information content (AvgIpc) is 2.40. The van der Waals surface area contributed by atoms with Crippen LogP contribution >= 0.6 is 0 Å². The van der Waals surface area contributed by atoms with E-state index in [-0.39, 0.29) is 23.1 Å². The predicted octanol–water partition coefficient (Wildman–Crippen LogP) is 4.18. The van der Waals surface area contributed by atoms with E-state index in [2.05, 4.69) is 0 Å². The number of carbonyl (C=O) groups is 1. The molecule has 1 aliphatic rings. The van der Waals surface area contributed by atoms with Crippen LogP contribution in [0.5, 0.6) is 11.5 Å². The third kappa shape index (κ3) is 3.53. The summed E-state index contributed by atoms with van der Waals surface area (Å²) in [5.74, 6) is 0.684. The maximum Gasteiger partial charge on any atom is 0.314 e. The maximum atomic E-state index is 12.1. The van der Waals surface area contributed by atoms with Gasteiger partial charge in [0.05, 0.1) is 5.92 Å². The average molecular weight is 276 g/mol. The molecule has 0 atom stereocenters. The number of esters is 1. The van der Waals surface area contributed by atoms with Crippen molar-refractivity contribution in [3.05, 3.63) is 23.8 Å². The van der Waals surface area contributed by atoms with E-state index < -0.39 is 0 Å². The fourth-order valence-corrected chi connectivity index (χ4v) is 2.72. The molecular formula is C17H24O3. The first kappa shape index (κ1) is 14.9. The molecule has 0 aromatic heterocycles. The standard InChI is InChI=1S/C17H24O3/c1-17(2,3)14-11-13(9-10-15(14)18)20-16(19)12-7-5-4-6-8-12/h9-12,18H,4-8H2,1-3H3. The van der Waals surface area contributed by atoms with Gasteiger partial charge in [-0.05, 0) is 36.5 Å². The first-order chi connectivity index (χ1) is 9.38. The van der Waals surface area contributed by atoms with E-state index >= 15 is 0 Å². The second-order valence-electron chi connectivity index (χ2n) is 6.68. The van der Waals surface area contributed by atoms with Gasteiger partial charge >= 0.3 is 5.97 Å². The number of hydrogen-bond acceptors (Lipinski definition) is 3. The molecular weight excluding hydrogens is 252 g/mol. The van der Waals surface area contributed by atoms with Crippen LogP contribution < -0.4 is 4.74 Å². The molecule has 0 radical (unpaired) electrons. The second kappa shape index (κ2) is 5.86. The molecule has 1 aromatic rings. The summed E-state index contributed by atoms with van der Waals surface area (Å²) < 4.78 is 5.49. The molecule has 0 bridgehead atoms. The number of ether oxygens (including phenoxy) is 1. The van der Waals surface area contributed by atoms with E-state index in [4.69, 9.17) is 4.74 Å². The van der Waals surface area contributed by atoms with Gasteiger partial charge in [-0.3, -0.25) is 4.79 Å². The van der Waals surface area contributed by atoms with Crippen LogP contribution in [0.4, 0.5) is 0 Å². The summed E-state index contributed by atoms with van der Waals surface area (Å²) in [6, 6.07) is 5.03. The lowest BCUT2D eigenvalue weighted by atomic mass is 9.86. The normalized spacial score (nSPS) is 16.9. The molecule has 0 spiro atoms. The number of aromatic hydroxyl groups is 1. The van der Waals surface area contributed by atoms with Gasteiger partial charge in [0.2, 0.25) is 0 Å². The first-order valence-corrected chi connectivity index (χ1v) is 7.43. The second-order valence-corrected chi connectivity index (χ2v) is 6.68. The molecule has 0 heterocycles. The van der Waals surface area contributed by atoms with Gasteiger partial charge in [-0.25, -0.2) is 0 Å². The lowest BCUT2D eigenvalue weighted by Gasteiger charge is -2.22. The van der Waals surface area contributed by atoms with Crippen molar-refractivity contribution in [2.24, 2.45) is 5.92 Å². The highest BCUT2D eigenvalue weighted by molar-refractivity contribution is 5.75. The van der Waals surface area contributed by atoms with Gasteiger partial charge in [-0.1, -0.05) is 40.0 Å². The monoisotopic (exact) mass is 276 g/mol. The highest BCUT2D eigenvalue weighted by atomic mass is 16.5. The van der Waals surface area contributed by atoms with Crippen molar-refractivity contribution in [3.8, 4) is 11.5 Å². The Morgan fingerprint density at radius 2 is 1.85 bits per heavy atom. The summed E-state index contributed by atoms with van der Waals surface area (Å²) in [4.78, 5) is 12.1. The Labute approximate surface area is 121 Å². The molecule has 1 fully saturated rings. The molecule has 1 saturated carbocycles. The Bertz CT molecular complexity index is 479. The zero-order valence-corrected chi connectivity index (χ0v) is 12.6. The Balaban J connectivity index is 2.11. The van der Waals surface area contributed by atoms with Crippen molar-refractivity contribution in [1.82, 2.24) is 0 Å². The number of phenolic OH excluding ortho intramolecular Hbond substituents is 1. The van der Waals surface area contributed by atoms with Crippen LogP contribution in [0.3, 0.4) is 0 Å². The predicted molar refractivity (Wildman–Crippen MR) is 79.0 cm³/mol. The molecule has 3 heteroatoms. The Hall–Kier alpha value is -1.51. The van der Waals surface area contributed by atoms with Crippen molar-refractivity contribution in [2.45, 2.75) is 58.3 Å². The highest BCUT2D eigenvalue weighted by Gasteiger charge is 2.24. The fraction of sp³-hybridized carbons (Fsp3) is 0.588. The summed E-state index contributed by atoms with van der Waals surface area (Å²) >= 11 is 0. The van der Waals surface area contributed by atoms with Crippen LogP contribution in [-0.2, 0) is 10.2 Å². The van der Waals surface area contributed by atoms with Crippen molar-refractivity contribution in [1.29, 1.82) is 0 Å². The molecule has 110 valence electrons. The van der Waals surface area contributed by atoms with Gasteiger partial charge in [0.1, 0.15) is 11.5 Å². The van der Waals surface area contributed by atoms with Gasteiger partial charge in [-0.2, -0.15) is 0 Å². The topological polar surface area (TPSA) is 46.5 Å². The van der Waals surface area contributed by atoms with Crippen LogP contribution in [-0.4, -0.2) is 11.1 Å². The summed E-state index contributed by atoms with van der Waals surface area (Å²) in [5.41, 5.74) is 0.614. The van der Waals surface area contributed by atoms with Gasteiger partial charge in [0.25, 0.3) is 0 Å². The number of benzene rings is 1. The molecule has 0 unspecified atom stereocenters. The minimum atomic E-state index is -0.183. The first-order valence-electron chi connectivity index (χ1n) is 7.43. The van der Waals surface area contributed by atoms with Crippen molar-refractivity contribution < 1.29 is 14.6 Å². The quantitative estimate of drug-likeness (QED) is 0.651. The van der Waals surface area contributed by atoms with Crippen LogP contribution in [0.1, 0.15) is 58.4 Å². The number of carbonyl (C=O) groups excluding carboxylic acids is 1. The molecule has 1 aromatic carbocycles. The fourth-order valence-electron chi connectivity index (χ4n) is 2.72. The van der Waals surface area contributed by atoms with E-state index in [0.717, 1.165) is 31.2 Å².